The Labute approximate surface area is 147 Å². The highest BCUT2D eigenvalue weighted by molar-refractivity contribution is 7.71. The zero-order chi connectivity index (χ0) is 16.7. The van der Waals surface area contributed by atoms with Crippen LogP contribution >= 0.6 is 23.8 Å². The van der Waals surface area contributed by atoms with Gasteiger partial charge in [-0.05, 0) is 36.0 Å². The fourth-order valence-corrected chi connectivity index (χ4v) is 3.34. The predicted octanol–water partition coefficient (Wildman–Crippen LogP) is 3.13. The molecule has 2 N–H and O–H groups in total. The van der Waals surface area contributed by atoms with E-state index in [1.807, 2.05) is 28.8 Å². The standard InChI is InChI=1S/C16H14ClN3O3S/c17-10-2-1-9(11(7-10)15-22-5-6-23-15)8-20-12-3-4-18-13(12)14(21)19-16(20)24/h1-4,7,15,18H,5-6,8H2,(H,19,21,24). The lowest BCUT2D eigenvalue weighted by Crippen LogP contribution is -2.16. The molecule has 1 fully saturated rings. The summed E-state index contributed by atoms with van der Waals surface area (Å²) in [6, 6.07) is 7.42. The van der Waals surface area contributed by atoms with Gasteiger partial charge in [-0.15, -0.1) is 0 Å². The van der Waals surface area contributed by atoms with Crippen molar-refractivity contribution in [1.82, 2.24) is 14.5 Å². The minimum atomic E-state index is -0.433. The van der Waals surface area contributed by atoms with Crippen LogP contribution in [0.2, 0.25) is 5.02 Å². The Kier molecular flexibility index (Phi) is 4.01. The molecule has 24 heavy (non-hydrogen) atoms. The van der Waals surface area contributed by atoms with Crippen LogP contribution in [-0.4, -0.2) is 27.7 Å². The number of aromatic nitrogens is 3. The first-order valence-corrected chi connectivity index (χ1v) is 8.24. The smallest absolute Gasteiger partial charge is 0.276 e. The van der Waals surface area contributed by atoms with Crippen LogP contribution in [0, 0.1) is 4.77 Å². The van der Waals surface area contributed by atoms with Crippen molar-refractivity contribution < 1.29 is 9.47 Å². The van der Waals surface area contributed by atoms with Crippen molar-refractivity contribution in [2.75, 3.05) is 13.2 Å². The molecule has 3 heterocycles. The van der Waals surface area contributed by atoms with Crippen LogP contribution in [0.15, 0.2) is 35.3 Å². The summed E-state index contributed by atoms with van der Waals surface area (Å²) >= 11 is 11.5. The highest BCUT2D eigenvalue weighted by atomic mass is 35.5. The number of fused-ring (bicyclic) bond motifs is 1. The minimum absolute atomic E-state index is 0.227. The molecule has 0 saturated carbocycles. The van der Waals surface area contributed by atoms with Crippen LogP contribution < -0.4 is 5.56 Å². The molecular formula is C16H14ClN3O3S. The van der Waals surface area contributed by atoms with E-state index >= 15 is 0 Å². The van der Waals surface area contributed by atoms with Crippen molar-refractivity contribution in [3.63, 3.8) is 0 Å². The maximum absolute atomic E-state index is 12.0. The number of rotatable bonds is 3. The maximum atomic E-state index is 12.0. The van der Waals surface area contributed by atoms with E-state index < -0.39 is 6.29 Å². The van der Waals surface area contributed by atoms with Crippen LogP contribution in [0.4, 0.5) is 0 Å². The molecule has 2 aromatic heterocycles. The number of benzene rings is 1. The molecule has 0 unspecified atom stereocenters. The summed E-state index contributed by atoms with van der Waals surface area (Å²) in [5.41, 5.74) is 2.86. The van der Waals surface area contributed by atoms with Crippen molar-refractivity contribution in [3.05, 3.63) is 61.7 Å². The number of H-pyrrole nitrogens is 2. The molecule has 0 bridgehead atoms. The highest BCUT2D eigenvalue weighted by Gasteiger charge is 2.22. The molecule has 1 aliphatic heterocycles. The average molecular weight is 364 g/mol. The molecule has 4 rings (SSSR count). The first-order valence-electron chi connectivity index (χ1n) is 7.45. The highest BCUT2D eigenvalue weighted by Crippen LogP contribution is 2.29. The SMILES string of the molecule is O=c1[nH]c(=S)n(Cc2ccc(Cl)cc2C2OCCO2)c2cc[nH]c12. The maximum Gasteiger partial charge on any atom is 0.276 e. The molecule has 1 aromatic carbocycles. The quantitative estimate of drug-likeness (QED) is 0.701. The number of aromatic amines is 2. The van der Waals surface area contributed by atoms with Gasteiger partial charge in [0.1, 0.15) is 5.52 Å². The van der Waals surface area contributed by atoms with Gasteiger partial charge in [0.15, 0.2) is 11.1 Å². The molecular weight excluding hydrogens is 350 g/mol. The number of hydrogen-bond donors (Lipinski definition) is 2. The van der Waals surface area contributed by atoms with Gasteiger partial charge in [-0.25, -0.2) is 0 Å². The molecule has 3 aromatic rings. The van der Waals surface area contributed by atoms with Crippen LogP contribution in [0.25, 0.3) is 11.0 Å². The van der Waals surface area contributed by atoms with Crippen LogP contribution in [0.1, 0.15) is 17.4 Å². The topological polar surface area (TPSA) is 72.0 Å². The molecule has 1 saturated heterocycles. The van der Waals surface area contributed by atoms with Gasteiger partial charge >= 0.3 is 0 Å². The molecule has 1 aliphatic rings. The van der Waals surface area contributed by atoms with Gasteiger partial charge < -0.3 is 19.0 Å². The summed E-state index contributed by atoms with van der Waals surface area (Å²) in [6.07, 6.45) is 1.29. The Morgan fingerprint density at radius 2 is 2.08 bits per heavy atom. The molecule has 6 nitrogen and oxygen atoms in total. The van der Waals surface area contributed by atoms with Crippen LogP contribution in [0.5, 0.6) is 0 Å². The fourth-order valence-electron chi connectivity index (χ4n) is 2.90. The van der Waals surface area contributed by atoms with Gasteiger partial charge in [-0.3, -0.25) is 9.78 Å². The van der Waals surface area contributed by atoms with E-state index in [4.69, 9.17) is 33.3 Å². The molecule has 0 aliphatic carbocycles. The van der Waals surface area contributed by atoms with Crippen molar-refractivity contribution in [3.8, 4) is 0 Å². The first kappa shape index (κ1) is 15.6. The Bertz CT molecular complexity index is 1020. The average Bonchev–Trinajstić information content (AvgIpc) is 3.24. The summed E-state index contributed by atoms with van der Waals surface area (Å²) in [5.74, 6) is 0. The molecule has 0 radical (unpaired) electrons. The fraction of sp³-hybridized carbons (Fsp3) is 0.250. The van der Waals surface area contributed by atoms with Gasteiger partial charge in [0.25, 0.3) is 5.56 Å². The Hall–Kier alpha value is -1.93. The normalized spacial score (nSPS) is 15.4. The van der Waals surface area contributed by atoms with Gasteiger partial charge in [-0.2, -0.15) is 0 Å². The van der Waals surface area contributed by atoms with Gasteiger partial charge in [0, 0.05) is 16.8 Å². The van der Waals surface area contributed by atoms with E-state index in [1.54, 1.807) is 6.20 Å². The summed E-state index contributed by atoms with van der Waals surface area (Å²) < 4.78 is 13.5. The third-order valence-corrected chi connectivity index (χ3v) is 4.58. The summed E-state index contributed by atoms with van der Waals surface area (Å²) in [5, 5.41) is 0.615. The van der Waals surface area contributed by atoms with E-state index in [0.29, 0.717) is 35.1 Å². The number of nitrogens with one attached hydrogen (secondary N) is 2. The molecule has 124 valence electrons. The van der Waals surface area contributed by atoms with E-state index in [9.17, 15) is 4.79 Å². The number of ether oxygens (including phenoxy) is 2. The van der Waals surface area contributed by atoms with E-state index in [0.717, 1.165) is 16.6 Å². The third-order valence-electron chi connectivity index (χ3n) is 4.02. The lowest BCUT2D eigenvalue weighted by Gasteiger charge is -2.17. The number of nitrogens with zero attached hydrogens (tertiary/aromatic N) is 1. The van der Waals surface area contributed by atoms with Gasteiger partial charge in [0.05, 0.1) is 25.3 Å². The molecule has 8 heteroatoms. The first-order chi connectivity index (χ1) is 11.6. The Morgan fingerprint density at radius 3 is 2.88 bits per heavy atom. The third kappa shape index (κ3) is 2.69. The van der Waals surface area contributed by atoms with E-state index in [1.165, 1.54) is 0 Å². The second-order valence-electron chi connectivity index (χ2n) is 5.50. The Balaban J connectivity index is 1.83. The summed E-state index contributed by atoms with van der Waals surface area (Å²) in [6.45, 7) is 1.58. The minimum Gasteiger partial charge on any atom is -0.355 e. The number of hydrogen-bond acceptors (Lipinski definition) is 4. The van der Waals surface area contributed by atoms with Crippen molar-refractivity contribution in [2.24, 2.45) is 0 Å². The number of halogens is 1. The second kappa shape index (κ2) is 6.18. The predicted molar refractivity (Wildman–Crippen MR) is 92.9 cm³/mol. The van der Waals surface area contributed by atoms with Gasteiger partial charge in [-0.1, -0.05) is 17.7 Å². The van der Waals surface area contributed by atoms with E-state index in [-0.39, 0.29) is 5.56 Å². The zero-order valence-electron chi connectivity index (χ0n) is 12.5. The van der Waals surface area contributed by atoms with Crippen molar-refractivity contribution in [1.29, 1.82) is 0 Å². The second-order valence-corrected chi connectivity index (χ2v) is 6.32. The zero-order valence-corrected chi connectivity index (χ0v) is 14.1. The van der Waals surface area contributed by atoms with E-state index in [2.05, 4.69) is 9.97 Å². The van der Waals surface area contributed by atoms with Gasteiger partial charge in [0.2, 0.25) is 0 Å². The largest absolute Gasteiger partial charge is 0.355 e. The molecule has 0 amide bonds. The van der Waals surface area contributed by atoms with Crippen LogP contribution in [-0.2, 0) is 16.0 Å². The molecule has 0 spiro atoms. The molecule has 0 atom stereocenters. The van der Waals surface area contributed by atoms with Crippen molar-refractivity contribution >= 4 is 34.9 Å². The van der Waals surface area contributed by atoms with Crippen molar-refractivity contribution in [2.45, 2.75) is 12.8 Å². The summed E-state index contributed by atoms with van der Waals surface area (Å²) in [4.78, 5) is 17.6. The lowest BCUT2D eigenvalue weighted by atomic mass is 10.1. The monoisotopic (exact) mass is 363 g/mol. The lowest BCUT2D eigenvalue weighted by molar-refractivity contribution is -0.0447. The summed E-state index contributed by atoms with van der Waals surface area (Å²) in [7, 11) is 0. The Morgan fingerprint density at radius 1 is 1.29 bits per heavy atom. The van der Waals surface area contributed by atoms with Crippen LogP contribution in [0.3, 0.4) is 0 Å².